The summed E-state index contributed by atoms with van der Waals surface area (Å²) < 4.78 is 3.71. The third-order valence-electron chi connectivity index (χ3n) is 5.98. The number of aromatic nitrogens is 6. The van der Waals surface area contributed by atoms with Gasteiger partial charge in [-0.1, -0.05) is 38.1 Å². The fourth-order valence-corrected chi connectivity index (χ4v) is 4.93. The van der Waals surface area contributed by atoms with Crippen LogP contribution in [0.15, 0.2) is 58.1 Å². The van der Waals surface area contributed by atoms with Gasteiger partial charge in [-0.15, -0.1) is 22.0 Å². The van der Waals surface area contributed by atoms with Crippen molar-refractivity contribution in [3.8, 4) is 0 Å². The van der Waals surface area contributed by atoms with Crippen molar-refractivity contribution in [3.63, 3.8) is 0 Å². The summed E-state index contributed by atoms with van der Waals surface area (Å²) in [6.45, 7) is 6.88. The van der Waals surface area contributed by atoms with E-state index in [0.29, 0.717) is 46.1 Å². The van der Waals surface area contributed by atoms with E-state index in [2.05, 4.69) is 34.0 Å². The van der Waals surface area contributed by atoms with Gasteiger partial charge >= 0.3 is 0 Å². The number of para-hydroxylation sites is 2. The molecule has 2 aromatic carbocycles. The lowest BCUT2D eigenvalue weighted by atomic mass is 10.1. The lowest BCUT2D eigenvalue weighted by Gasteiger charge is -2.13. The zero-order valence-corrected chi connectivity index (χ0v) is 20.2. The number of aromatic amines is 1. The van der Waals surface area contributed by atoms with Crippen LogP contribution in [0, 0.1) is 5.92 Å². The molecule has 0 saturated carbocycles. The first-order valence-corrected chi connectivity index (χ1v) is 12.4. The van der Waals surface area contributed by atoms with E-state index in [9.17, 15) is 9.59 Å². The highest BCUT2D eigenvalue weighted by atomic mass is 32.2. The predicted molar refractivity (Wildman–Crippen MR) is 136 cm³/mol. The molecule has 1 atom stereocenters. The molecule has 0 amide bonds. The molecule has 3 aromatic heterocycles. The topological polar surface area (TPSA) is 97.9 Å². The van der Waals surface area contributed by atoms with Crippen molar-refractivity contribution in [2.24, 2.45) is 5.92 Å². The van der Waals surface area contributed by atoms with E-state index >= 15 is 0 Å². The maximum Gasteiger partial charge on any atom is 0.262 e. The van der Waals surface area contributed by atoms with Gasteiger partial charge in [0.2, 0.25) is 5.78 Å². The van der Waals surface area contributed by atoms with Gasteiger partial charge < -0.3 is 4.98 Å². The fourth-order valence-electron chi connectivity index (χ4n) is 4.07. The Balaban J connectivity index is 1.51. The normalized spacial score (nSPS) is 12.8. The summed E-state index contributed by atoms with van der Waals surface area (Å²) in [4.78, 5) is 33.2. The van der Waals surface area contributed by atoms with E-state index in [1.54, 1.807) is 22.4 Å². The molecule has 0 aliphatic rings. The van der Waals surface area contributed by atoms with Crippen molar-refractivity contribution < 1.29 is 0 Å². The number of thioether (sulfide) groups is 1. The average Bonchev–Trinajstić information content (AvgIpc) is 3.26. The van der Waals surface area contributed by atoms with Crippen LogP contribution < -0.4 is 11.1 Å². The van der Waals surface area contributed by atoms with Gasteiger partial charge in [0.25, 0.3) is 11.1 Å². The van der Waals surface area contributed by atoms with E-state index in [0.717, 1.165) is 17.8 Å². The van der Waals surface area contributed by atoms with Gasteiger partial charge in [-0.25, -0.2) is 4.98 Å². The maximum absolute atomic E-state index is 13.2. The van der Waals surface area contributed by atoms with Crippen molar-refractivity contribution in [1.29, 1.82) is 0 Å². The number of benzene rings is 2. The van der Waals surface area contributed by atoms with Crippen molar-refractivity contribution in [2.45, 2.75) is 44.7 Å². The summed E-state index contributed by atoms with van der Waals surface area (Å²) >= 11 is 1.61. The average molecular weight is 475 g/mol. The molecule has 0 aliphatic heterocycles. The standard InChI is InChI=1S/C25H26N6O2S/c1-15(2)12-13-30-24(33)18-9-5-7-11-20(18)31-21(28-29-25(30)31)14-34-16(3)22-26-19-10-6-4-8-17(19)23(32)27-22/h4-11,15-16H,12-14H2,1-3H3,(H,26,27,32)/t16-/m1/s1. The molecule has 0 spiro atoms. The van der Waals surface area contributed by atoms with Gasteiger partial charge in [0, 0.05) is 6.54 Å². The molecular formula is C25H26N6O2S. The summed E-state index contributed by atoms with van der Waals surface area (Å²) in [7, 11) is 0. The van der Waals surface area contributed by atoms with Gasteiger partial charge in [0.05, 0.1) is 32.8 Å². The number of rotatable bonds is 7. The number of nitrogens with zero attached hydrogens (tertiary/aromatic N) is 5. The van der Waals surface area contributed by atoms with Crippen LogP contribution in [0.4, 0.5) is 0 Å². The van der Waals surface area contributed by atoms with Crippen LogP contribution in [0.5, 0.6) is 0 Å². The smallest absolute Gasteiger partial charge is 0.262 e. The summed E-state index contributed by atoms with van der Waals surface area (Å²) in [6.07, 6.45) is 0.878. The molecular weight excluding hydrogens is 448 g/mol. The monoisotopic (exact) mass is 474 g/mol. The molecule has 8 nitrogen and oxygen atoms in total. The van der Waals surface area contributed by atoms with Crippen LogP contribution >= 0.6 is 11.8 Å². The molecule has 1 N–H and O–H groups in total. The van der Waals surface area contributed by atoms with Crippen LogP contribution in [-0.2, 0) is 12.3 Å². The van der Waals surface area contributed by atoms with Crippen LogP contribution in [0.3, 0.4) is 0 Å². The van der Waals surface area contributed by atoms with Crippen molar-refractivity contribution in [3.05, 3.63) is 80.9 Å². The Morgan fingerprint density at radius 3 is 2.50 bits per heavy atom. The zero-order valence-electron chi connectivity index (χ0n) is 19.4. The summed E-state index contributed by atoms with van der Waals surface area (Å²) in [5.74, 6) is 2.95. The third kappa shape index (κ3) is 4.00. The van der Waals surface area contributed by atoms with Crippen molar-refractivity contribution in [2.75, 3.05) is 0 Å². The van der Waals surface area contributed by atoms with Gasteiger partial charge in [0.1, 0.15) is 11.6 Å². The molecule has 0 radical (unpaired) electrons. The van der Waals surface area contributed by atoms with E-state index in [4.69, 9.17) is 0 Å². The second kappa shape index (κ2) is 9.06. The molecule has 34 heavy (non-hydrogen) atoms. The van der Waals surface area contributed by atoms with Gasteiger partial charge in [-0.3, -0.25) is 18.6 Å². The summed E-state index contributed by atoms with van der Waals surface area (Å²) in [6, 6.07) is 14.9. The van der Waals surface area contributed by atoms with Gasteiger partial charge in [-0.05, 0) is 43.5 Å². The zero-order chi connectivity index (χ0) is 23.8. The molecule has 9 heteroatoms. The van der Waals surface area contributed by atoms with E-state index in [1.165, 1.54) is 0 Å². The molecule has 0 aliphatic carbocycles. The Kier molecular flexibility index (Phi) is 5.95. The number of hydrogen-bond donors (Lipinski definition) is 1. The first-order valence-electron chi connectivity index (χ1n) is 11.4. The maximum atomic E-state index is 13.2. The second-order valence-electron chi connectivity index (χ2n) is 8.83. The van der Waals surface area contributed by atoms with Gasteiger partial charge in [0.15, 0.2) is 0 Å². The number of H-pyrrole nitrogens is 1. The fraction of sp³-hybridized carbons (Fsp3) is 0.320. The Morgan fingerprint density at radius 2 is 1.71 bits per heavy atom. The highest BCUT2D eigenvalue weighted by molar-refractivity contribution is 7.98. The molecule has 0 saturated heterocycles. The minimum absolute atomic E-state index is 0.0401. The summed E-state index contributed by atoms with van der Waals surface area (Å²) in [5.41, 5.74) is 1.30. The second-order valence-corrected chi connectivity index (χ2v) is 10.2. The summed E-state index contributed by atoms with van der Waals surface area (Å²) in [5, 5.41) is 10.0. The Bertz CT molecular complexity index is 1620. The predicted octanol–water partition coefficient (Wildman–Crippen LogP) is 4.32. The highest BCUT2D eigenvalue weighted by Gasteiger charge is 2.18. The molecule has 174 valence electrons. The molecule has 5 rings (SSSR count). The molecule has 5 aromatic rings. The largest absolute Gasteiger partial charge is 0.309 e. The first-order chi connectivity index (χ1) is 16.4. The van der Waals surface area contributed by atoms with Crippen molar-refractivity contribution in [1.82, 2.24) is 29.1 Å². The Hall–Kier alpha value is -3.46. The lowest BCUT2D eigenvalue weighted by Crippen LogP contribution is -2.24. The van der Waals surface area contributed by atoms with Crippen molar-refractivity contribution >= 4 is 39.3 Å². The van der Waals surface area contributed by atoms with E-state index in [1.807, 2.05) is 53.8 Å². The van der Waals surface area contributed by atoms with Gasteiger partial charge in [-0.2, -0.15) is 0 Å². The van der Waals surface area contributed by atoms with Crippen LogP contribution in [0.2, 0.25) is 0 Å². The quantitative estimate of drug-likeness (QED) is 0.377. The van der Waals surface area contributed by atoms with E-state index < -0.39 is 0 Å². The van der Waals surface area contributed by atoms with Crippen LogP contribution in [0.25, 0.3) is 27.6 Å². The minimum Gasteiger partial charge on any atom is -0.309 e. The highest BCUT2D eigenvalue weighted by Crippen LogP contribution is 2.29. The van der Waals surface area contributed by atoms with Crippen LogP contribution in [-0.4, -0.2) is 29.1 Å². The number of aryl methyl sites for hydroxylation is 1. The first kappa shape index (κ1) is 22.3. The number of nitrogens with one attached hydrogen (secondary N) is 1. The lowest BCUT2D eigenvalue weighted by molar-refractivity contribution is 0.512. The Labute approximate surface area is 200 Å². The minimum atomic E-state index is -0.138. The SMILES string of the molecule is CC(C)CCn1c(=O)c2ccccc2n2c(CS[C@H](C)c3nc4ccccc4c(=O)[nH]3)nnc12. The molecule has 3 heterocycles. The molecule has 0 bridgehead atoms. The number of hydrogen-bond acceptors (Lipinski definition) is 6. The van der Waals surface area contributed by atoms with E-state index in [-0.39, 0.29) is 16.4 Å². The number of fused-ring (bicyclic) bond motifs is 4. The molecule has 0 fully saturated rings. The molecule has 0 unspecified atom stereocenters. The Morgan fingerprint density at radius 1 is 0.971 bits per heavy atom. The third-order valence-corrected chi connectivity index (χ3v) is 7.13. The van der Waals surface area contributed by atoms with Crippen LogP contribution in [0.1, 0.15) is 44.1 Å².